The zero-order valence-corrected chi connectivity index (χ0v) is 23.8. The number of amides is 3. The van der Waals surface area contributed by atoms with Gasteiger partial charge in [-0.3, -0.25) is 19.4 Å². The quantitative estimate of drug-likeness (QED) is 0.369. The van der Waals surface area contributed by atoms with E-state index < -0.39 is 24.3 Å². The lowest BCUT2D eigenvalue weighted by atomic mass is 10.1. The van der Waals surface area contributed by atoms with Gasteiger partial charge < -0.3 is 30.2 Å². The van der Waals surface area contributed by atoms with Crippen molar-refractivity contribution < 1.29 is 42.6 Å². The number of aromatic nitrogens is 1. The third-order valence-electron chi connectivity index (χ3n) is 6.66. The summed E-state index contributed by atoms with van der Waals surface area (Å²) in [6.07, 6.45) is -2.67. The summed E-state index contributed by atoms with van der Waals surface area (Å²) in [5, 5.41) is 20.7. The fourth-order valence-corrected chi connectivity index (χ4v) is 5.48. The van der Waals surface area contributed by atoms with Crippen molar-refractivity contribution in [2.75, 3.05) is 42.9 Å². The van der Waals surface area contributed by atoms with E-state index in [4.69, 9.17) is 21.5 Å². The number of aliphatic hydroxyl groups is 1. The Balaban J connectivity index is 0.000000541. The van der Waals surface area contributed by atoms with Gasteiger partial charge in [0.1, 0.15) is 0 Å². The topological polar surface area (TPSA) is 143 Å². The molecule has 11 nitrogen and oxygen atoms in total. The van der Waals surface area contributed by atoms with Gasteiger partial charge in [0, 0.05) is 62.8 Å². The molecule has 3 N–H and O–H groups in total. The van der Waals surface area contributed by atoms with Crippen molar-refractivity contribution in [2.24, 2.45) is 0 Å². The molecule has 3 amide bonds. The molecular weight excluding hydrogens is 615 g/mol. The maximum atomic E-state index is 13.2. The zero-order chi connectivity index (χ0) is 31.3. The molecule has 0 saturated carbocycles. The van der Waals surface area contributed by atoms with Crippen LogP contribution in [0.25, 0.3) is 0 Å². The second-order valence-electron chi connectivity index (χ2n) is 9.33. The molecule has 43 heavy (non-hydrogen) atoms. The largest absolute Gasteiger partial charge is 0.490 e. The molecule has 3 aromatic rings. The molecule has 2 aliphatic rings. The van der Waals surface area contributed by atoms with Crippen molar-refractivity contribution in [1.82, 2.24) is 14.8 Å². The summed E-state index contributed by atoms with van der Waals surface area (Å²) in [7, 11) is 0. The van der Waals surface area contributed by atoms with Crippen LogP contribution in [0, 0.1) is 0 Å². The van der Waals surface area contributed by atoms with Gasteiger partial charge in [-0.25, -0.2) is 4.79 Å². The average molecular weight is 640 g/mol. The van der Waals surface area contributed by atoms with Gasteiger partial charge in [0.05, 0.1) is 20.5 Å². The number of aliphatic carboxylic acids is 1. The molecule has 0 bridgehead atoms. The van der Waals surface area contributed by atoms with Gasteiger partial charge in [-0.05, 0) is 30.3 Å². The number of alkyl halides is 3. The number of benzene rings is 1. The van der Waals surface area contributed by atoms with E-state index in [0.29, 0.717) is 46.6 Å². The van der Waals surface area contributed by atoms with Crippen LogP contribution in [0.15, 0.2) is 54.9 Å². The summed E-state index contributed by atoms with van der Waals surface area (Å²) in [4.78, 5) is 57.3. The first-order chi connectivity index (χ1) is 20.4. The number of carbonyl (C=O) groups is 4. The SMILES string of the molecule is O=C(Nc1cccc2c1C(=O)N(CCC(=O)N1CCN(c3ccncc3)CC1)C2O)c1ccc(Cl)s1.O=C(O)C(F)(F)F. The minimum Gasteiger partial charge on any atom is -0.475 e. The van der Waals surface area contributed by atoms with Crippen molar-refractivity contribution >= 4 is 58.0 Å². The van der Waals surface area contributed by atoms with Crippen LogP contribution in [0.5, 0.6) is 0 Å². The Morgan fingerprint density at radius 3 is 2.28 bits per heavy atom. The summed E-state index contributed by atoms with van der Waals surface area (Å²) >= 11 is 7.06. The smallest absolute Gasteiger partial charge is 0.475 e. The Bertz CT molecular complexity index is 1500. The minimum absolute atomic E-state index is 0.0663. The first kappa shape index (κ1) is 31.7. The Morgan fingerprint density at radius 2 is 1.70 bits per heavy atom. The number of carbonyl (C=O) groups excluding carboxylic acids is 3. The lowest BCUT2D eigenvalue weighted by molar-refractivity contribution is -0.192. The van der Waals surface area contributed by atoms with Crippen molar-refractivity contribution in [2.45, 2.75) is 18.8 Å². The molecular formula is C27H25ClF3N5O6S. The molecule has 0 radical (unpaired) electrons. The maximum absolute atomic E-state index is 13.2. The fourth-order valence-electron chi connectivity index (χ4n) is 4.54. The predicted octanol–water partition coefficient (Wildman–Crippen LogP) is 3.87. The Morgan fingerprint density at radius 1 is 1.05 bits per heavy atom. The van der Waals surface area contributed by atoms with E-state index in [0.717, 1.165) is 17.0 Å². The first-order valence-electron chi connectivity index (χ1n) is 12.8. The van der Waals surface area contributed by atoms with Crippen LogP contribution in [0.3, 0.4) is 0 Å². The van der Waals surface area contributed by atoms with E-state index in [2.05, 4.69) is 15.2 Å². The second kappa shape index (κ2) is 13.4. The molecule has 1 fully saturated rings. The number of halogens is 4. The molecule has 16 heteroatoms. The lowest BCUT2D eigenvalue weighted by Gasteiger charge is -2.36. The molecule has 1 atom stereocenters. The van der Waals surface area contributed by atoms with E-state index >= 15 is 0 Å². The Kier molecular flexibility index (Phi) is 9.88. The number of hydrogen-bond acceptors (Lipinski definition) is 8. The van der Waals surface area contributed by atoms with Crippen molar-refractivity contribution in [3.05, 3.63) is 75.2 Å². The minimum atomic E-state index is -5.08. The van der Waals surface area contributed by atoms with Crippen LogP contribution in [0.1, 0.15) is 38.2 Å². The number of nitrogens with zero attached hydrogens (tertiary/aromatic N) is 4. The molecule has 5 rings (SSSR count). The monoisotopic (exact) mass is 639 g/mol. The molecule has 0 spiro atoms. The van der Waals surface area contributed by atoms with E-state index in [9.17, 15) is 32.7 Å². The van der Waals surface area contributed by atoms with Crippen molar-refractivity contribution in [1.29, 1.82) is 0 Å². The lowest BCUT2D eigenvalue weighted by Crippen LogP contribution is -2.49. The molecule has 228 valence electrons. The van der Waals surface area contributed by atoms with E-state index in [1.165, 1.54) is 4.90 Å². The van der Waals surface area contributed by atoms with Gasteiger partial charge in [-0.15, -0.1) is 11.3 Å². The van der Waals surface area contributed by atoms with Gasteiger partial charge >= 0.3 is 12.1 Å². The number of fused-ring (bicyclic) bond motifs is 1. The molecule has 1 saturated heterocycles. The Hall–Kier alpha value is -4.21. The average Bonchev–Trinajstić information content (AvgIpc) is 3.53. The number of anilines is 2. The highest BCUT2D eigenvalue weighted by atomic mass is 35.5. The predicted molar refractivity (Wildman–Crippen MR) is 151 cm³/mol. The van der Waals surface area contributed by atoms with Gasteiger partial charge in [-0.2, -0.15) is 13.2 Å². The second-order valence-corrected chi connectivity index (χ2v) is 11.0. The number of nitrogens with one attached hydrogen (secondary N) is 1. The van der Waals surface area contributed by atoms with Gasteiger partial charge in [0.25, 0.3) is 11.8 Å². The van der Waals surface area contributed by atoms with E-state index in [1.54, 1.807) is 47.6 Å². The van der Waals surface area contributed by atoms with Crippen LogP contribution in [0.2, 0.25) is 4.34 Å². The number of carboxylic acid groups (broad SMARTS) is 1. The van der Waals surface area contributed by atoms with Crippen LogP contribution < -0.4 is 10.2 Å². The maximum Gasteiger partial charge on any atom is 0.490 e. The van der Waals surface area contributed by atoms with Crippen LogP contribution in [-0.4, -0.2) is 87.6 Å². The molecule has 2 aromatic heterocycles. The van der Waals surface area contributed by atoms with E-state index in [-0.39, 0.29) is 30.3 Å². The number of pyridine rings is 1. The highest BCUT2D eigenvalue weighted by molar-refractivity contribution is 7.18. The number of piperazine rings is 1. The molecule has 1 unspecified atom stereocenters. The standard InChI is InChI=1S/C25H24ClN5O4S.C2HF3O2/c26-20-5-4-19(36-20)23(33)28-18-3-1-2-17-22(18)25(35)31(24(17)34)11-8-21(32)30-14-12-29(13-15-30)16-6-9-27-10-7-16;3-2(4,5)1(6)7/h1-7,9-10,24,34H,8,11-15H2,(H,28,33);(H,6,7). The third-order valence-corrected chi connectivity index (χ3v) is 7.89. The molecule has 4 heterocycles. The zero-order valence-electron chi connectivity index (χ0n) is 22.3. The molecule has 0 aliphatic carbocycles. The summed E-state index contributed by atoms with van der Waals surface area (Å²) in [6.45, 7) is 2.67. The van der Waals surface area contributed by atoms with Gasteiger partial charge in [0.15, 0.2) is 6.23 Å². The number of rotatable bonds is 6. The highest BCUT2D eigenvalue weighted by Gasteiger charge is 2.39. The number of aliphatic hydroxyl groups excluding tert-OH is 1. The molecule has 1 aromatic carbocycles. The normalized spacial score (nSPS) is 16.3. The third kappa shape index (κ3) is 7.60. The van der Waals surface area contributed by atoms with Crippen molar-refractivity contribution in [3.63, 3.8) is 0 Å². The van der Waals surface area contributed by atoms with Crippen molar-refractivity contribution in [3.8, 4) is 0 Å². The summed E-state index contributed by atoms with van der Waals surface area (Å²) in [5.74, 6) is -3.63. The van der Waals surface area contributed by atoms with Crippen LogP contribution in [-0.2, 0) is 9.59 Å². The van der Waals surface area contributed by atoms with Gasteiger partial charge in [-0.1, -0.05) is 23.7 Å². The van der Waals surface area contributed by atoms with Gasteiger partial charge in [0.2, 0.25) is 5.91 Å². The number of carboxylic acids is 1. The number of hydrogen-bond donors (Lipinski definition) is 3. The first-order valence-corrected chi connectivity index (χ1v) is 14.0. The summed E-state index contributed by atoms with van der Waals surface area (Å²) in [6, 6.07) is 12.1. The molecule has 2 aliphatic heterocycles. The number of thiophene rings is 1. The summed E-state index contributed by atoms with van der Waals surface area (Å²) < 4.78 is 32.2. The van der Waals surface area contributed by atoms with E-state index in [1.807, 2.05) is 12.1 Å². The van der Waals surface area contributed by atoms with Crippen LogP contribution in [0.4, 0.5) is 24.5 Å². The highest BCUT2D eigenvalue weighted by Crippen LogP contribution is 2.36. The van der Waals surface area contributed by atoms with Crippen LogP contribution >= 0.6 is 22.9 Å². The Labute approximate surface area is 252 Å². The fraction of sp³-hybridized carbons (Fsp3) is 0.296. The summed E-state index contributed by atoms with van der Waals surface area (Å²) in [5.41, 5.74) is 2.03.